The summed E-state index contributed by atoms with van der Waals surface area (Å²) < 4.78 is 5.38. The number of carbonyl (C=O) groups is 1. The summed E-state index contributed by atoms with van der Waals surface area (Å²) in [6.07, 6.45) is 2.68. The highest BCUT2D eigenvalue weighted by atomic mass is 16.5. The van der Waals surface area contributed by atoms with Gasteiger partial charge >= 0.3 is 5.97 Å². The minimum absolute atomic E-state index is 0.263. The van der Waals surface area contributed by atoms with Gasteiger partial charge in [0.15, 0.2) is 0 Å². The predicted molar refractivity (Wildman–Crippen MR) is 96.9 cm³/mol. The molecule has 126 valence electrons. The van der Waals surface area contributed by atoms with E-state index < -0.39 is 5.97 Å². The zero-order valence-corrected chi connectivity index (χ0v) is 14.4. The second kappa shape index (κ2) is 8.29. The van der Waals surface area contributed by atoms with Gasteiger partial charge in [-0.25, -0.2) is 4.79 Å². The number of aliphatic imine (C=N–C) groups is 1. The Balaban J connectivity index is 2.65. The van der Waals surface area contributed by atoms with Crippen molar-refractivity contribution in [2.24, 2.45) is 4.99 Å². The van der Waals surface area contributed by atoms with Crippen LogP contribution in [0.1, 0.15) is 47.7 Å². The van der Waals surface area contributed by atoms with Crippen molar-refractivity contribution >= 4 is 17.4 Å². The largest absolute Gasteiger partial charge is 0.496 e. The lowest BCUT2D eigenvalue weighted by Crippen LogP contribution is -2.12. The number of methoxy groups -OCH3 is 1. The number of carboxylic acids is 1. The lowest BCUT2D eigenvalue weighted by Gasteiger charge is -2.16. The molecule has 2 aromatic rings. The first-order valence-corrected chi connectivity index (χ1v) is 8.12. The summed E-state index contributed by atoms with van der Waals surface area (Å²) in [5.41, 5.74) is 3.35. The quantitative estimate of drug-likeness (QED) is 0.728. The average molecular weight is 325 g/mol. The lowest BCUT2D eigenvalue weighted by atomic mass is 9.93. The molecule has 0 heterocycles. The van der Waals surface area contributed by atoms with Gasteiger partial charge in [0, 0.05) is 16.8 Å². The van der Waals surface area contributed by atoms with Crippen LogP contribution in [0.2, 0.25) is 0 Å². The van der Waals surface area contributed by atoms with Gasteiger partial charge in [-0.05, 0) is 44.0 Å². The first-order chi connectivity index (χ1) is 11.6. The van der Waals surface area contributed by atoms with Crippen molar-refractivity contribution in [3.8, 4) is 5.75 Å². The summed E-state index contributed by atoms with van der Waals surface area (Å²) in [5, 5.41) is 9.60. The Morgan fingerprint density at radius 2 is 1.88 bits per heavy atom. The fourth-order valence-corrected chi connectivity index (χ4v) is 2.70. The Hall–Kier alpha value is -2.62. The van der Waals surface area contributed by atoms with E-state index in [9.17, 15) is 9.90 Å². The number of carboxylic acid groups (broad SMARTS) is 1. The molecule has 24 heavy (non-hydrogen) atoms. The fraction of sp³-hybridized carbons (Fsp3) is 0.300. The molecule has 0 fully saturated rings. The summed E-state index contributed by atoms with van der Waals surface area (Å²) in [6.45, 7) is 3.99. The van der Waals surface area contributed by atoms with Gasteiger partial charge in [0.2, 0.25) is 0 Å². The van der Waals surface area contributed by atoms with Crippen LogP contribution in [0.5, 0.6) is 5.75 Å². The van der Waals surface area contributed by atoms with Crippen LogP contribution in [0.3, 0.4) is 0 Å². The van der Waals surface area contributed by atoms with E-state index in [4.69, 9.17) is 9.73 Å². The van der Waals surface area contributed by atoms with Crippen molar-refractivity contribution in [2.45, 2.75) is 33.1 Å². The third kappa shape index (κ3) is 4.02. The Labute approximate surface area is 142 Å². The summed E-state index contributed by atoms with van der Waals surface area (Å²) in [5.74, 6) is -0.278. The van der Waals surface area contributed by atoms with E-state index in [1.165, 1.54) is 0 Å². The van der Waals surface area contributed by atoms with Crippen LogP contribution in [0.15, 0.2) is 47.5 Å². The van der Waals surface area contributed by atoms with E-state index in [0.29, 0.717) is 11.3 Å². The predicted octanol–water partition coefficient (Wildman–Crippen LogP) is 5.01. The van der Waals surface area contributed by atoms with Crippen molar-refractivity contribution in [1.82, 2.24) is 0 Å². The maximum Gasteiger partial charge on any atom is 0.336 e. The van der Waals surface area contributed by atoms with E-state index in [-0.39, 0.29) is 5.56 Å². The van der Waals surface area contributed by atoms with Crippen LogP contribution in [0.25, 0.3) is 0 Å². The van der Waals surface area contributed by atoms with Crippen LogP contribution in [0, 0.1) is 6.92 Å². The minimum Gasteiger partial charge on any atom is -0.496 e. The maximum absolute atomic E-state index is 11.7. The van der Waals surface area contributed by atoms with E-state index in [0.717, 1.165) is 36.2 Å². The van der Waals surface area contributed by atoms with Gasteiger partial charge in [0.25, 0.3) is 0 Å². The number of aromatic carboxylic acids is 1. The van der Waals surface area contributed by atoms with Gasteiger partial charge in [0.05, 0.1) is 18.4 Å². The van der Waals surface area contributed by atoms with Gasteiger partial charge < -0.3 is 9.84 Å². The normalized spacial score (nSPS) is 11.4. The summed E-state index contributed by atoms with van der Waals surface area (Å²) in [7, 11) is 1.59. The van der Waals surface area contributed by atoms with E-state index in [1.807, 2.05) is 37.3 Å². The standard InChI is InChI=1S/C20H23NO3/c1-4-5-11-17(21-15-9-7-6-8-10-15)19-14(2)18(24-3)13-12-16(19)20(22)23/h6-10,12-13H,4-5,11H2,1-3H3,(H,22,23). The van der Waals surface area contributed by atoms with E-state index in [1.54, 1.807) is 19.2 Å². The molecule has 0 aromatic heterocycles. The van der Waals surface area contributed by atoms with E-state index in [2.05, 4.69) is 6.92 Å². The molecule has 0 radical (unpaired) electrons. The molecule has 0 aliphatic heterocycles. The number of hydrogen-bond donors (Lipinski definition) is 1. The number of rotatable bonds is 7. The molecule has 0 unspecified atom stereocenters. The van der Waals surface area contributed by atoms with Crippen LogP contribution >= 0.6 is 0 Å². The van der Waals surface area contributed by atoms with Gasteiger partial charge in [-0.15, -0.1) is 0 Å². The molecule has 0 atom stereocenters. The Morgan fingerprint density at radius 3 is 2.46 bits per heavy atom. The van der Waals surface area contributed by atoms with Crippen molar-refractivity contribution in [3.05, 3.63) is 59.2 Å². The smallest absolute Gasteiger partial charge is 0.336 e. The van der Waals surface area contributed by atoms with Crippen LogP contribution < -0.4 is 4.74 Å². The van der Waals surface area contributed by atoms with E-state index >= 15 is 0 Å². The van der Waals surface area contributed by atoms with Crippen LogP contribution in [-0.2, 0) is 0 Å². The van der Waals surface area contributed by atoms with Gasteiger partial charge in [-0.1, -0.05) is 31.5 Å². The molecule has 0 spiro atoms. The highest BCUT2D eigenvalue weighted by Crippen LogP contribution is 2.28. The number of benzene rings is 2. The van der Waals surface area contributed by atoms with Gasteiger partial charge in [-0.3, -0.25) is 4.99 Å². The van der Waals surface area contributed by atoms with Crippen molar-refractivity contribution in [1.29, 1.82) is 0 Å². The second-order valence-corrected chi connectivity index (χ2v) is 5.62. The molecule has 1 N–H and O–H groups in total. The second-order valence-electron chi connectivity index (χ2n) is 5.62. The third-order valence-electron chi connectivity index (χ3n) is 3.94. The summed E-state index contributed by atoms with van der Waals surface area (Å²) in [4.78, 5) is 16.5. The average Bonchev–Trinajstić information content (AvgIpc) is 2.59. The summed E-state index contributed by atoms with van der Waals surface area (Å²) in [6, 6.07) is 12.9. The van der Waals surface area contributed by atoms with Gasteiger partial charge in [0.1, 0.15) is 5.75 Å². The lowest BCUT2D eigenvalue weighted by molar-refractivity contribution is 0.0696. The fourth-order valence-electron chi connectivity index (χ4n) is 2.70. The zero-order valence-electron chi connectivity index (χ0n) is 14.4. The minimum atomic E-state index is -0.951. The molecular formula is C20H23NO3. The molecule has 4 heteroatoms. The monoisotopic (exact) mass is 325 g/mol. The number of nitrogens with zero attached hydrogens (tertiary/aromatic N) is 1. The Kier molecular flexibility index (Phi) is 6.13. The third-order valence-corrected chi connectivity index (χ3v) is 3.94. The molecule has 0 amide bonds. The molecular weight excluding hydrogens is 302 g/mol. The highest BCUT2D eigenvalue weighted by Gasteiger charge is 2.20. The maximum atomic E-state index is 11.7. The molecule has 0 aliphatic carbocycles. The van der Waals surface area contributed by atoms with Gasteiger partial charge in [-0.2, -0.15) is 0 Å². The van der Waals surface area contributed by atoms with Crippen molar-refractivity contribution in [3.63, 3.8) is 0 Å². The molecule has 0 saturated heterocycles. The SMILES string of the molecule is CCCCC(=Nc1ccccc1)c1c(C(=O)O)ccc(OC)c1C. The molecule has 0 saturated carbocycles. The molecule has 0 aliphatic rings. The number of unbranched alkanes of at least 4 members (excludes halogenated alkanes) is 1. The number of ether oxygens (including phenoxy) is 1. The Bertz CT molecular complexity index is 736. The molecule has 4 nitrogen and oxygen atoms in total. The van der Waals surface area contributed by atoms with Crippen molar-refractivity contribution in [2.75, 3.05) is 7.11 Å². The van der Waals surface area contributed by atoms with Crippen LogP contribution in [-0.4, -0.2) is 23.9 Å². The number of hydrogen-bond acceptors (Lipinski definition) is 3. The molecule has 0 bridgehead atoms. The number of para-hydroxylation sites is 1. The molecule has 2 rings (SSSR count). The first-order valence-electron chi connectivity index (χ1n) is 8.12. The topological polar surface area (TPSA) is 58.9 Å². The Morgan fingerprint density at radius 1 is 1.17 bits per heavy atom. The first kappa shape index (κ1) is 17.7. The van der Waals surface area contributed by atoms with Crippen molar-refractivity contribution < 1.29 is 14.6 Å². The zero-order chi connectivity index (χ0) is 17.5. The summed E-state index contributed by atoms with van der Waals surface area (Å²) >= 11 is 0. The van der Waals surface area contributed by atoms with Crippen LogP contribution in [0.4, 0.5) is 5.69 Å². The molecule has 2 aromatic carbocycles. The highest BCUT2D eigenvalue weighted by molar-refractivity contribution is 6.10.